The Balaban J connectivity index is 2.41. The Hall–Kier alpha value is -2.18. The van der Waals surface area contributed by atoms with Gasteiger partial charge < -0.3 is 5.32 Å². The zero-order valence-electron chi connectivity index (χ0n) is 10.7. The Morgan fingerprint density at radius 1 is 0.810 bits per heavy atom. The van der Waals surface area contributed by atoms with Gasteiger partial charge in [-0.3, -0.25) is 0 Å². The maximum absolute atomic E-state index is 13.6. The van der Waals surface area contributed by atoms with Crippen LogP contribution in [0.15, 0.2) is 24.3 Å². The van der Waals surface area contributed by atoms with Crippen LogP contribution < -0.4 is 5.32 Å². The van der Waals surface area contributed by atoms with Gasteiger partial charge in [0.1, 0.15) is 5.69 Å². The number of halogens is 6. The lowest BCUT2D eigenvalue weighted by atomic mass is 10.1. The van der Waals surface area contributed by atoms with Crippen molar-refractivity contribution >= 4 is 5.69 Å². The topological polar surface area (TPSA) is 12.0 Å². The molecule has 2 aromatic rings. The van der Waals surface area contributed by atoms with Gasteiger partial charge in [-0.15, -0.1) is 0 Å². The number of hydrogen-bond acceptors (Lipinski definition) is 1. The molecule has 112 valence electrons. The Bertz CT molecular complexity index is 659. The van der Waals surface area contributed by atoms with Crippen LogP contribution >= 0.6 is 0 Å². The standard InChI is InChI=1S/C14H9F6N/c1-6(7-3-2-4-8(15)11(7)18)21-14-12(19)9(16)5-10(17)13(14)20/h2-6,21H,1H3. The molecule has 0 aromatic heterocycles. The average molecular weight is 305 g/mol. The maximum Gasteiger partial charge on any atom is 0.185 e. The van der Waals surface area contributed by atoms with E-state index in [1.807, 2.05) is 0 Å². The highest BCUT2D eigenvalue weighted by Gasteiger charge is 2.22. The first kappa shape index (κ1) is 15.2. The van der Waals surface area contributed by atoms with Crippen molar-refractivity contribution in [3.8, 4) is 0 Å². The first-order valence-corrected chi connectivity index (χ1v) is 5.86. The van der Waals surface area contributed by atoms with Crippen LogP contribution in [-0.2, 0) is 0 Å². The van der Waals surface area contributed by atoms with Crippen LogP contribution in [0.5, 0.6) is 0 Å². The summed E-state index contributed by atoms with van der Waals surface area (Å²) >= 11 is 0. The highest BCUT2D eigenvalue weighted by atomic mass is 19.2. The van der Waals surface area contributed by atoms with E-state index in [4.69, 9.17) is 0 Å². The molecule has 0 fully saturated rings. The third-order valence-corrected chi connectivity index (χ3v) is 2.92. The summed E-state index contributed by atoms with van der Waals surface area (Å²) in [6.07, 6.45) is 0. The summed E-state index contributed by atoms with van der Waals surface area (Å²) in [5.74, 6) is -8.83. The van der Waals surface area contributed by atoms with Gasteiger partial charge >= 0.3 is 0 Å². The molecule has 0 bridgehead atoms. The van der Waals surface area contributed by atoms with Gasteiger partial charge in [-0.25, -0.2) is 26.3 Å². The lowest BCUT2D eigenvalue weighted by Crippen LogP contribution is -2.13. The highest BCUT2D eigenvalue weighted by Crippen LogP contribution is 2.29. The molecule has 0 saturated carbocycles. The van der Waals surface area contributed by atoms with Gasteiger partial charge in [-0.05, 0) is 13.0 Å². The zero-order valence-corrected chi connectivity index (χ0v) is 10.7. The normalized spacial score (nSPS) is 12.3. The van der Waals surface area contributed by atoms with Crippen LogP contribution in [-0.4, -0.2) is 0 Å². The van der Waals surface area contributed by atoms with Gasteiger partial charge in [0.05, 0.1) is 6.04 Å². The van der Waals surface area contributed by atoms with Crippen molar-refractivity contribution in [3.05, 3.63) is 64.7 Å². The Morgan fingerprint density at radius 2 is 1.38 bits per heavy atom. The summed E-state index contributed by atoms with van der Waals surface area (Å²) in [5, 5.41) is 2.11. The van der Waals surface area contributed by atoms with E-state index in [9.17, 15) is 26.3 Å². The first-order chi connectivity index (χ1) is 9.82. The fraction of sp³-hybridized carbons (Fsp3) is 0.143. The third kappa shape index (κ3) is 2.81. The van der Waals surface area contributed by atoms with E-state index in [1.165, 1.54) is 19.1 Å². The first-order valence-electron chi connectivity index (χ1n) is 5.86. The third-order valence-electron chi connectivity index (χ3n) is 2.92. The van der Waals surface area contributed by atoms with Gasteiger partial charge in [0, 0.05) is 11.6 Å². The highest BCUT2D eigenvalue weighted by molar-refractivity contribution is 5.49. The second-order valence-electron chi connectivity index (χ2n) is 4.35. The molecule has 21 heavy (non-hydrogen) atoms. The maximum atomic E-state index is 13.6. The van der Waals surface area contributed by atoms with E-state index in [1.54, 1.807) is 0 Å². The van der Waals surface area contributed by atoms with Crippen molar-refractivity contribution < 1.29 is 26.3 Å². The van der Waals surface area contributed by atoms with Crippen molar-refractivity contribution in [2.45, 2.75) is 13.0 Å². The van der Waals surface area contributed by atoms with Crippen molar-refractivity contribution in [2.75, 3.05) is 5.32 Å². The van der Waals surface area contributed by atoms with E-state index in [2.05, 4.69) is 5.32 Å². The smallest absolute Gasteiger partial charge is 0.185 e. The minimum Gasteiger partial charge on any atom is -0.373 e. The monoisotopic (exact) mass is 305 g/mol. The fourth-order valence-electron chi connectivity index (χ4n) is 1.85. The van der Waals surface area contributed by atoms with Crippen LogP contribution in [0.3, 0.4) is 0 Å². The Labute approximate surface area is 116 Å². The minimum atomic E-state index is -1.64. The quantitative estimate of drug-likeness (QED) is 0.640. The van der Waals surface area contributed by atoms with Gasteiger partial charge in [0.25, 0.3) is 0 Å². The van der Waals surface area contributed by atoms with E-state index >= 15 is 0 Å². The molecule has 0 amide bonds. The molecule has 0 aliphatic carbocycles. The number of anilines is 1. The van der Waals surface area contributed by atoms with E-state index in [0.29, 0.717) is 0 Å². The predicted molar refractivity (Wildman–Crippen MR) is 64.7 cm³/mol. The molecule has 0 aliphatic rings. The molecule has 1 atom stereocenters. The second kappa shape index (κ2) is 5.67. The number of nitrogens with one attached hydrogen (secondary N) is 1. The molecule has 7 heteroatoms. The molecular formula is C14H9F6N. The summed E-state index contributed by atoms with van der Waals surface area (Å²) in [5.41, 5.74) is -1.32. The summed E-state index contributed by atoms with van der Waals surface area (Å²) in [6, 6.07) is 2.19. The molecule has 0 saturated heterocycles. The summed E-state index contributed by atoms with van der Waals surface area (Å²) in [7, 11) is 0. The van der Waals surface area contributed by atoms with E-state index < -0.39 is 46.6 Å². The summed E-state index contributed by atoms with van der Waals surface area (Å²) < 4.78 is 79.8. The molecule has 0 heterocycles. The summed E-state index contributed by atoms with van der Waals surface area (Å²) in [6.45, 7) is 1.26. The lowest BCUT2D eigenvalue weighted by Gasteiger charge is -2.18. The van der Waals surface area contributed by atoms with Crippen LogP contribution in [0, 0.1) is 34.9 Å². The van der Waals surface area contributed by atoms with Crippen LogP contribution in [0.4, 0.5) is 32.0 Å². The van der Waals surface area contributed by atoms with Crippen molar-refractivity contribution in [1.82, 2.24) is 0 Å². The lowest BCUT2D eigenvalue weighted by molar-refractivity contribution is 0.456. The van der Waals surface area contributed by atoms with Gasteiger partial charge in [0.2, 0.25) is 0 Å². The fourth-order valence-corrected chi connectivity index (χ4v) is 1.85. The molecule has 1 N–H and O–H groups in total. The number of hydrogen-bond donors (Lipinski definition) is 1. The predicted octanol–water partition coefficient (Wildman–Crippen LogP) is 4.69. The molecular weight excluding hydrogens is 296 g/mol. The van der Waals surface area contributed by atoms with E-state index in [0.717, 1.165) is 6.07 Å². The Kier molecular flexibility index (Phi) is 4.11. The summed E-state index contributed by atoms with van der Waals surface area (Å²) in [4.78, 5) is 0. The van der Waals surface area contributed by atoms with Crippen molar-refractivity contribution in [3.63, 3.8) is 0 Å². The van der Waals surface area contributed by atoms with Gasteiger partial charge in [0.15, 0.2) is 34.9 Å². The number of rotatable bonds is 3. The average Bonchev–Trinajstić information content (AvgIpc) is 2.44. The SMILES string of the molecule is CC(Nc1c(F)c(F)cc(F)c1F)c1cccc(F)c1F. The van der Waals surface area contributed by atoms with Gasteiger partial charge in [-0.2, -0.15) is 0 Å². The zero-order chi connectivity index (χ0) is 15.7. The molecule has 1 nitrogen and oxygen atoms in total. The second-order valence-corrected chi connectivity index (χ2v) is 4.35. The molecule has 0 radical (unpaired) electrons. The van der Waals surface area contributed by atoms with Crippen LogP contribution in [0.25, 0.3) is 0 Å². The molecule has 0 aliphatic heterocycles. The van der Waals surface area contributed by atoms with Gasteiger partial charge in [-0.1, -0.05) is 12.1 Å². The minimum absolute atomic E-state index is 0.0588. The van der Waals surface area contributed by atoms with E-state index in [-0.39, 0.29) is 11.6 Å². The largest absolute Gasteiger partial charge is 0.373 e. The molecule has 2 rings (SSSR count). The molecule has 2 aromatic carbocycles. The van der Waals surface area contributed by atoms with Crippen LogP contribution in [0.1, 0.15) is 18.5 Å². The van der Waals surface area contributed by atoms with Crippen molar-refractivity contribution in [1.29, 1.82) is 0 Å². The Morgan fingerprint density at radius 3 is 1.95 bits per heavy atom. The van der Waals surface area contributed by atoms with Crippen molar-refractivity contribution in [2.24, 2.45) is 0 Å². The number of benzene rings is 2. The molecule has 1 unspecified atom stereocenters. The van der Waals surface area contributed by atoms with Crippen LogP contribution in [0.2, 0.25) is 0 Å². The molecule has 0 spiro atoms.